The highest BCUT2D eigenvalue weighted by molar-refractivity contribution is 7.09. The third-order valence-electron chi connectivity index (χ3n) is 7.39. The van der Waals surface area contributed by atoms with E-state index in [1.165, 1.54) is 18.3 Å². The van der Waals surface area contributed by atoms with Gasteiger partial charge in [-0.3, -0.25) is 19.2 Å². The average molecular weight is 588 g/mol. The highest BCUT2D eigenvalue weighted by Gasteiger charge is 2.31. The van der Waals surface area contributed by atoms with Crippen molar-refractivity contribution in [2.24, 2.45) is 17.8 Å². The molecule has 0 aliphatic rings. The van der Waals surface area contributed by atoms with Crippen LogP contribution in [0.15, 0.2) is 35.7 Å². The topological polar surface area (TPSA) is 126 Å². The van der Waals surface area contributed by atoms with Gasteiger partial charge >= 0.3 is 11.9 Å². The second kappa shape index (κ2) is 16.2. The highest BCUT2D eigenvalue weighted by Crippen LogP contribution is 2.31. The van der Waals surface area contributed by atoms with Gasteiger partial charge < -0.3 is 20.1 Å². The molecule has 2 aromatic rings. The summed E-state index contributed by atoms with van der Waals surface area (Å²) in [5.41, 5.74) is 1.15. The van der Waals surface area contributed by atoms with Gasteiger partial charge in [-0.25, -0.2) is 4.98 Å². The number of hydrogen-bond donors (Lipinski definition) is 2. The molecule has 9 nitrogen and oxygen atoms in total. The zero-order valence-electron chi connectivity index (χ0n) is 25.3. The van der Waals surface area contributed by atoms with Crippen LogP contribution in [0.1, 0.15) is 94.4 Å². The number of ether oxygens (including phenoxy) is 1. The molecule has 1 aromatic carbocycles. The van der Waals surface area contributed by atoms with E-state index in [9.17, 15) is 24.3 Å². The van der Waals surface area contributed by atoms with Crippen LogP contribution < -0.4 is 5.32 Å². The summed E-state index contributed by atoms with van der Waals surface area (Å²) >= 11 is 1.22. The lowest BCUT2D eigenvalue weighted by molar-refractivity contribution is -0.148. The monoisotopic (exact) mass is 587 g/mol. The summed E-state index contributed by atoms with van der Waals surface area (Å²) < 4.78 is 5.66. The van der Waals surface area contributed by atoms with Gasteiger partial charge in [0, 0.05) is 44.3 Å². The second-order valence-electron chi connectivity index (χ2n) is 11.3. The van der Waals surface area contributed by atoms with Crippen molar-refractivity contribution in [3.05, 3.63) is 52.0 Å². The van der Waals surface area contributed by atoms with Gasteiger partial charge in [0.2, 0.25) is 5.91 Å². The van der Waals surface area contributed by atoms with E-state index in [1.807, 2.05) is 51.1 Å². The molecule has 2 amide bonds. The molecule has 1 aromatic heterocycles. The van der Waals surface area contributed by atoms with Crippen LogP contribution in [0, 0.1) is 17.8 Å². The van der Waals surface area contributed by atoms with Gasteiger partial charge in [0.1, 0.15) is 10.7 Å². The summed E-state index contributed by atoms with van der Waals surface area (Å²) in [6.45, 7) is 11.1. The SMILES string of the molecule is CC[C@H](C)CC(=O)N(C)C(CC(OC(C)=O)c1nc(C(=O)N[C@@H](Cc2ccccc2)CC(C)C(=O)O)cs1)C(C)C. The Bertz CT molecular complexity index is 1150. The lowest BCUT2D eigenvalue weighted by atomic mass is 9.95. The highest BCUT2D eigenvalue weighted by atomic mass is 32.1. The second-order valence-corrected chi connectivity index (χ2v) is 12.2. The molecule has 0 fully saturated rings. The quantitative estimate of drug-likeness (QED) is 0.248. The summed E-state index contributed by atoms with van der Waals surface area (Å²) in [5, 5.41) is 14.5. The predicted octanol–water partition coefficient (Wildman–Crippen LogP) is 5.51. The average Bonchev–Trinajstić information content (AvgIpc) is 3.41. The number of nitrogens with one attached hydrogen (secondary N) is 1. The van der Waals surface area contributed by atoms with Crippen LogP contribution in [-0.4, -0.2) is 57.9 Å². The number of hydrogen-bond acceptors (Lipinski definition) is 7. The molecule has 0 radical (unpaired) electrons. The van der Waals surface area contributed by atoms with Gasteiger partial charge in [-0.05, 0) is 30.2 Å². The van der Waals surface area contributed by atoms with E-state index in [2.05, 4.69) is 17.2 Å². The van der Waals surface area contributed by atoms with Crippen molar-refractivity contribution in [2.75, 3.05) is 7.05 Å². The Balaban J connectivity index is 2.24. The maximum absolute atomic E-state index is 13.2. The Morgan fingerprint density at radius 2 is 1.73 bits per heavy atom. The minimum atomic E-state index is -0.926. The summed E-state index contributed by atoms with van der Waals surface area (Å²) in [6, 6.07) is 8.95. The van der Waals surface area contributed by atoms with Crippen LogP contribution in [0.4, 0.5) is 0 Å². The molecule has 0 aliphatic carbocycles. The number of carbonyl (C=O) groups is 4. The minimum absolute atomic E-state index is 0.0406. The van der Waals surface area contributed by atoms with Crippen LogP contribution >= 0.6 is 11.3 Å². The van der Waals surface area contributed by atoms with E-state index in [4.69, 9.17) is 4.74 Å². The first-order chi connectivity index (χ1) is 19.3. The zero-order chi connectivity index (χ0) is 30.7. The fraction of sp³-hybridized carbons (Fsp3) is 0.581. The minimum Gasteiger partial charge on any atom is -0.481 e. The zero-order valence-corrected chi connectivity index (χ0v) is 26.1. The van der Waals surface area contributed by atoms with E-state index in [0.717, 1.165) is 12.0 Å². The molecule has 0 bridgehead atoms. The van der Waals surface area contributed by atoms with Crippen LogP contribution in [0.2, 0.25) is 0 Å². The van der Waals surface area contributed by atoms with Crippen molar-refractivity contribution < 1.29 is 29.0 Å². The van der Waals surface area contributed by atoms with Gasteiger partial charge in [-0.2, -0.15) is 0 Å². The van der Waals surface area contributed by atoms with Crippen LogP contribution in [-0.2, 0) is 25.5 Å². The van der Waals surface area contributed by atoms with Gasteiger partial charge in [-0.1, -0.05) is 71.4 Å². The van der Waals surface area contributed by atoms with Crippen LogP contribution in [0.5, 0.6) is 0 Å². The molecular formula is C31H45N3O6S. The molecule has 1 heterocycles. The maximum atomic E-state index is 13.2. The van der Waals surface area contributed by atoms with Crippen LogP contribution in [0.25, 0.3) is 0 Å². The molecular weight excluding hydrogens is 542 g/mol. The van der Waals surface area contributed by atoms with Gasteiger partial charge in [-0.15, -0.1) is 11.3 Å². The Hall–Kier alpha value is -3.27. The fourth-order valence-corrected chi connectivity index (χ4v) is 5.53. The molecule has 2 N–H and O–H groups in total. The number of benzene rings is 1. The molecule has 0 saturated heterocycles. The normalized spacial score (nSPS) is 14.9. The summed E-state index contributed by atoms with van der Waals surface area (Å²) in [7, 11) is 1.78. The number of thiazole rings is 1. The Morgan fingerprint density at radius 1 is 1.07 bits per heavy atom. The van der Waals surface area contributed by atoms with Crippen molar-refractivity contribution in [3.8, 4) is 0 Å². The van der Waals surface area contributed by atoms with E-state index < -0.39 is 35.9 Å². The Morgan fingerprint density at radius 3 is 2.29 bits per heavy atom. The largest absolute Gasteiger partial charge is 0.481 e. The molecule has 0 saturated carbocycles. The summed E-state index contributed by atoms with van der Waals surface area (Å²) in [4.78, 5) is 56.0. The van der Waals surface area contributed by atoms with Crippen molar-refractivity contribution >= 4 is 35.1 Å². The van der Waals surface area contributed by atoms with Crippen molar-refractivity contribution in [3.63, 3.8) is 0 Å². The number of carboxylic acid groups (broad SMARTS) is 1. The number of aromatic nitrogens is 1. The lowest BCUT2D eigenvalue weighted by Gasteiger charge is -2.34. The molecule has 0 aliphatic heterocycles. The first-order valence-corrected chi connectivity index (χ1v) is 15.2. The van der Waals surface area contributed by atoms with Gasteiger partial charge in [0.25, 0.3) is 5.91 Å². The molecule has 5 atom stereocenters. The number of carboxylic acids is 1. The molecule has 226 valence electrons. The summed E-state index contributed by atoms with van der Waals surface area (Å²) in [5.74, 6) is -2.06. The number of nitrogens with zero attached hydrogens (tertiary/aromatic N) is 2. The number of esters is 1. The van der Waals surface area contributed by atoms with Gasteiger partial charge in [0.05, 0.1) is 5.92 Å². The Labute approximate surface area is 247 Å². The third kappa shape index (κ3) is 10.9. The number of amides is 2. The number of aliphatic carboxylic acids is 1. The van der Waals surface area contributed by atoms with E-state index in [1.54, 1.807) is 24.3 Å². The molecule has 2 rings (SSSR count). The molecule has 10 heteroatoms. The first-order valence-electron chi connectivity index (χ1n) is 14.3. The van der Waals surface area contributed by atoms with E-state index in [0.29, 0.717) is 24.3 Å². The summed E-state index contributed by atoms with van der Waals surface area (Å²) in [6.07, 6.45) is 1.72. The lowest BCUT2D eigenvalue weighted by Crippen LogP contribution is -2.42. The first kappa shape index (κ1) is 33.9. The molecule has 0 spiro atoms. The third-order valence-corrected chi connectivity index (χ3v) is 8.33. The molecule has 41 heavy (non-hydrogen) atoms. The van der Waals surface area contributed by atoms with Crippen molar-refractivity contribution in [1.29, 1.82) is 0 Å². The molecule has 3 unspecified atom stereocenters. The van der Waals surface area contributed by atoms with Crippen molar-refractivity contribution in [2.45, 2.75) is 91.8 Å². The smallest absolute Gasteiger partial charge is 0.306 e. The van der Waals surface area contributed by atoms with Crippen LogP contribution in [0.3, 0.4) is 0 Å². The van der Waals surface area contributed by atoms with Gasteiger partial charge in [0.15, 0.2) is 6.10 Å². The fourth-order valence-electron chi connectivity index (χ4n) is 4.69. The van der Waals surface area contributed by atoms with E-state index >= 15 is 0 Å². The number of rotatable bonds is 16. The number of carbonyl (C=O) groups excluding carboxylic acids is 3. The van der Waals surface area contributed by atoms with E-state index in [-0.39, 0.29) is 35.9 Å². The maximum Gasteiger partial charge on any atom is 0.306 e. The Kier molecular flexibility index (Phi) is 13.4. The van der Waals surface area contributed by atoms with Crippen molar-refractivity contribution in [1.82, 2.24) is 15.2 Å². The standard InChI is InChI=1S/C31H45N3O6S/c1-8-20(4)14-28(36)34(7)26(19(2)3)17-27(40-22(6)35)30-33-25(18-41-30)29(37)32-24(15-21(5)31(38)39)16-23-12-10-9-11-13-23/h9-13,18-21,24,26-27H,8,14-17H2,1-7H3,(H,32,37)(H,38,39)/t20-,21?,24+,26?,27?/m0/s1. The predicted molar refractivity (Wildman–Crippen MR) is 160 cm³/mol.